The van der Waals surface area contributed by atoms with Crippen LogP contribution in [0, 0.1) is 17.2 Å². The molecule has 3 atom stereocenters. The van der Waals surface area contributed by atoms with Crippen LogP contribution in [0.3, 0.4) is 0 Å². The van der Waals surface area contributed by atoms with Crippen molar-refractivity contribution in [1.29, 1.82) is 5.26 Å². The van der Waals surface area contributed by atoms with Gasteiger partial charge in [0.05, 0.1) is 22.8 Å². The largest absolute Gasteiger partial charge is 0.296 e. The lowest BCUT2D eigenvalue weighted by molar-refractivity contribution is -0.120. The number of nitriles is 1. The highest BCUT2D eigenvalue weighted by atomic mass is 32.1. The zero-order chi connectivity index (χ0) is 15.8. The third-order valence-corrected chi connectivity index (χ3v) is 6.34. The lowest BCUT2D eigenvalue weighted by atomic mass is 10.0. The van der Waals surface area contributed by atoms with Crippen LogP contribution in [0.5, 0.6) is 0 Å². The standard InChI is InChI=1S/C18H19N3OS/c19-10-13(18-20-14-5-1-2-7-17(14)23-18)16(22)11-21-9-8-12-4-3-6-15(12)21/h1-2,5,7,12-13,15H,3-4,6,8-9,11H2/t12-,13?,15-/m0/s1. The summed E-state index contributed by atoms with van der Waals surface area (Å²) in [4.78, 5) is 19.5. The Hall–Kier alpha value is -1.77. The molecule has 23 heavy (non-hydrogen) atoms. The maximum absolute atomic E-state index is 12.7. The third-order valence-electron chi connectivity index (χ3n) is 5.24. The predicted octanol–water partition coefficient (Wildman–Crippen LogP) is 3.35. The van der Waals surface area contributed by atoms with Crippen molar-refractivity contribution in [1.82, 2.24) is 9.88 Å². The fourth-order valence-corrected chi connectivity index (χ4v) is 5.13. The van der Waals surface area contributed by atoms with Crippen molar-refractivity contribution in [2.45, 2.75) is 37.6 Å². The summed E-state index contributed by atoms with van der Waals surface area (Å²) in [7, 11) is 0. The van der Waals surface area contributed by atoms with E-state index in [0.717, 1.165) is 22.7 Å². The first-order valence-electron chi connectivity index (χ1n) is 8.28. The number of hydrogen-bond acceptors (Lipinski definition) is 5. The van der Waals surface area contributed by atoms with Gasteiger partial charge in [0.25, 0.3) is 0 Å². The number of nitrogens with zero attached hydrogens (tertiary/aromatic N) is 3. The number of carbonyl (C=O) groups excluding carboxylic acids is 1. The average Bonchev–Trinajstić information content (AvgIpc) is 3.24. The van der Waals surface area contributed by atoms with Gasteiger partial charge in [-0.1, -0.05) is 18.6 Å². The highest BCUT2D eigenvalue weighted by Crippen LogP contribution is 2.38. The molecule has 118 valence electrons. The number of thiazole rings is 1. The van der Waals surface area contributed by atoms with Crippen LogP contribution < -0.4 is 0 Å². The predicted molar refractivity (Wildman–Crippen MR) is 90.3 cm³/mol. The Bertz CT molecular complexity index is 745. The van der Waals surface area contributed by atoms with E-state index in [1.165, 1.54) is 37.0 Å². The number of hydrogen-bond donors (Lipinski definition) is 0. The van der Waals surface area contributed by atoms with Crippen LogP contribution in [-0.2, 0) is 4.79 Å². The minimum absolute atomic E-state index is 0.000828. The van der Waals surface area contributed by atoms with Gasteiger partial charge in [0.1, 0.15) is 5.01 Å². The molecule has 1 aromatic carbocycles. The van der Waals surface area contributed by atoms with Gasteiger partial charge >= 0.3 is 0 Å². The van der Waals surface area contributed by atoms with Crippen LogP contribution in [0.2, 0.25) is 0 Å². The van der Waals surface area contributed by atoms with E-state index in [2.05, 4.69) is 16.0 Å². The summed E-state index contributed by atoms with van der Waals surface area (Å²) in [6.07, 6.45) is 4.99. The summed E-state index contributed by atoms with van der Waals surface area (Å²) in [5.41, 5.74) is 0.873. The minimum Gasteiger partial charge on any atom is -0.296 e. The van der Waals surface area contributed by atoms with E-state index < -0.39 is 5.92 Å². The number of carbonyl (C=O) groups is 1. The van der Waals surface area contributed by atoms with E-state index in [0.29, 0.717) is 17.6 Å². The van der Waals surface area contributed by atoms with E-state index in [1.54, 1.807) is 0 Å². The molecule has 2 heterocycles. The molecule has 0 N–H and O–H groups in total. The molecule has 1 saturated heterocycles. The van der Waals surface area contributed by atoms with E-state index in [1.807, 2.05) is 24.3 Å². The first-order valence-corrected chi connectivity index (χ1v) is 9.10. The second-order valence-corrected chi connectivity index (χ2v) is 7.63. The zero-order valence-corrected chi connectivity index (χ0v) is 13.8. The Balaban J connectivity index is 1.52. The van der Waals surface area contributed by atoms with Crippen molar-refractivity contribution < 1.29 is 4.79 Å². The number of ketones is 1. The Morgan fingerprint density at radius 2 is 2.26 bits per heavy atom. The number of para-hydroxylation sites is 1. The molecule has 1 unspecified atom stereocenters. The van der Waals surface area contributed by atoms with Gasteiger partial charge in [0, 0.05) is 6.04 Å². The fourth-order valence-electron chi connectivity index (χ4n) is 4.10. The second kappa shape index (κ2) is 6.03. The number of likely N-dealkylation sites (tertiary alicyclic amines) is 1. The van der Waals surface area contributed by atoms with Crippen LogP contribution in [0.15, 0.2) is 24.3 Å². The Kier molecular flexibility index (Phi) is 3.88. The third kappa shape index (κ3) is 2.66. The summed E-state index contributed by atoms with van der Waals surface area (Å²) in [5, 5.41) is 10.2. The van der Waals surface area contributed by atoms with Gasteiger partial charge in [-0.05, 0) is 43.9 Å². The fraction of sp³-hybridized carbons (Fsp3) is 0.500. The molecule has 1 aliphatic heterocycles. The van der Waals surface area contributed by atoms with Crippen molar-refractivity contribution >= 4 is 27.3 Å². The zero-order valence-electron chi connectivity index (χ0n) is 12.9. The van der Waals surface area contributed by atoms with Crippen LogP contribution in [-0.4, -0.2) is 34.8 Å². The summed E-state index contributed by atoms with van der Waals surface area (Å²) in [5.74, 6) is 0.0396. The number of Topliss-reactive ketones (excluding diaryl/α,β-unsaturated/α-hetero) is 1. The molecule has 4 rings (SSSR count). The van der Waals surface area contributed by atoms with Gasteiger partial charge in [-0.2, -0.15) is 5.26 Å². The average molecular weight is 325 g/mol. The normalized spacial score (nSPS) is 25.3. The van der Waals surface area contributed by atoms with Crippen LogP contribution in [0.4, 0.5) is 0 Å². The molecule has 0 spiro atoms. The van der Waals surface area contributed by atoms with Crippen molar-refractivity contribution in [3.05, 3.63) is 29.3 Å². The molecule has 4 nitrogen and oxygen atoms in total. The summed E-state index contributed by atoms with van der Waals surface area (Å²) in [6, 6.07) is 10.5. The Morgan fingerprint density at radius 3 is 3.09 bits per heavy atom. The monoisotopic (exact) mass is 325 g/mol. The van der Waals surface area contributed by atoms with E-state index in [4.69, 9.17) is 0 Å². The summed E-state index contributed by atoms with van der Waals surface area (Å²) >= 11 is 1.46. The number of aromatic nitrogens is 1. The molecule has 2 fully saturated rings. The van der Waals surface area contributed by atoms with Gasteiger partial charge < -0.3 is 0 Å². The van der Waals surface area contributed by atoms with Gasteiger partial charge in [0.2, 0.25) is 0 Å². The molecule has 1 aromatic heterocycles. The van der Waals surface area contributed by atoms with Crippen LogP contribution in [0.1, 0.15) is 36.6 Å². The number of rotatable bonds is 4. The molecule has 5 heteroatoms. The van der Waals surface area contributed by atoms with Gasteiger partial charge in [-0.15, -0.1) is 11.3 Å². The lowest BCUT2D eigenvalue weighted by Crippen LogP contribution is -2.36. The van der Waals surface area contributed by atoms with Crippen molar-refractivity contribution in [3.63, 3.8) is 0 Å². The second-order valence-electron chi connectivity index (χ2n) is 6.57. The first kappa shape index (κ1) is 14.8. The van der Waals surface area contributed by atoms with E-state index >= 15 is 0 Å². The minimum atomic E-state index is -0.729. The molecule has 1 aliphatic carbocycles. The van der Waals surface area contributed by atoms with Crippen LogP contribution >= 0.6 is 11.3 Å². The molecule has 0 bridgehead atoms. The number of fused-ring (bicyclic) bond motifs is 2. The Morgan fingerprint density at radius 1 is 1.39 bits per heavy atom. The molecule has 0 amide bonds. The van der Waals surface area contributed by atoms with Gasteiger partial charge in [0.15, 0.2) is 11.7 Å². The molecular weight excluding hydrogens is 306 g/mol. The lowest BCUT2D eigenvalue weighted by Gasteiger charge is -2.23. The molecule has 2 aliphatic rings. The van der Waals surface area contributed by atoms with E-state index in [9.17, 15) is 10.1 Å². The molecular formula is C18H19N3OS. The quantitative estimate of drug-likeness (QED) is 0.865. The smallest absolute Gasteiger partial charge is 0.170 e. The Labute approximate surface area is 139 Å². The van der Waals surface area contributed by atoms with Crippen molar-refractivity contribution in [2.75, 3.05) is 13.1 Å². The summed E-state index contributed by atoms with van der Waals surface area (Å²) < 4.78 is 1.03. The maximum Gasteiger partial charge on any atom is 0.170 e. The highest BCUT2D eigenvalue weighted by molar-refractivity contribution is 7.18. The maximum atomic E-state index is 12.7. The van der Waals surface area contributed by atoms with Gasteiger partial charge in [-0.25, -0.2) is 4.98 Å². The number of benzene rings is 1. The highest BCUT2D eigenvalue weighted by Gasteiger charge is 2.39. The van der Waals surface area contributed by atoms with Crippen molar-refractivity contribution in [2.24, 2.45) is 5.92 Å². The summed E-state index contributed by atoms with van der Waals surface area (Å²) in [6.45, 7) is 1.40. The topological polar surface area (TPSA) is 57.0 Å². The van der Waals surface area contributed by atoms with Crippen LogP contribution in [0.25, 0.3) is 10.2 Å². The van der Waals surface area contributed by atoms with E-state index in [-0.39, 0.29) is 5.78 Å². The molecule has 0 radical (unpaired) electrons. The SMILES string of the molecule is N#CC(C(=O)CN1CC[C@@H]2CCC[C@@H]21)c1nc2ccccc2s1. The van der Waals surface area contributed by atoms with Crippen molar-refractivity contribution in [3.8, 4) is 6.07 Å². The molecule has 1 saturated carbocycles. The molecule has 2 aromatic rings. The van der Waals surface area contributed by atoms with Gasteiger partial charge in [-0.3, -0.25) is 9.69 Å². The first-order chi connectivity index (χ1) is 11.3.